The van der Waals surface area contributed by atoms with Gasteiger partial charge in [0.25, 0.3) is 0 Å². The number of hydrogen-bond acceptors (Lipinski definition) is 5. The quantitative estimate of drug-likeness (QED) is 0.852. The van der Waals surface area contributed by atoms with Gasteiger partial charge in [-0.05, 0) is 13.0 Å². The fourth-order valence-electron chi connectivity index (χ4n) is 2.08. The molecule has 0 spiro atoms. The van der Waals surface area contributed by atoms with Crippen molar-refractivity contribution in [3.8, 4) is 5.75 Å². The van der Waals surface area contributed by atoms with Gasteiger partial charge in [0.15, 0.2) is 0 Å². The molecule has 4 nitrogen and oxygen atoms in total. The zero-order chi connectivity index (χ0) is 14.4. The molecule has 0 saturated heterocycles. The molecule has 0 aliphatic heterocycles. The van der Waals surface area contributed by atoms with Crippen LogP contribution in [0.2, 0.25) is 0 Å². The Morgan fingerprint density at radius 2 is 2.15 bits per heavy atom. The molecular weight excluding hydrogens is 272 g/mol. The van der Waals surface area contributed by atoms with Crippen molar-refractivity contribution < 1.29 is 9.47 Å². The van der Waals surface area contributed by atoms with E-state index in [0.717, 1.165) is 23.4 Å². The summed E-state index contributed by atoms with van der Waals surface area (Å²) in [7, 11) is 1.66. The van der Waals surface area contributed by atoms with Gasteiger partial charge in [-0.3, -0.25) is 0 Å². The Morgan fingerprint density at radius 1 is 1.35 bits per heavy atom. The van der Waals surface area contributed by atoms with Crippen LogP contribution in [0.5, 0.6) is 5.75 Å². The molecule has 1 aromatic heterocycles. The Kier molecular flexibility index (Phi) is 5.52. The van der Waals surface area contributed by atoms with Gasteiger partial charge >= 0.3 is 0 Å². The second-order valence-corrected chi connectivity index (χ2v) is 5.39. The minimum absolute atomic E-state index is 0.139. The number of rotatable bonds is 7. The van der Waals surface area contributed by atoms with Gasteiger partial charge in [-0.2, -0.15) is 0 Å². The highest BCUT2D eigenvalue weighted by Gasteiger charge is 2.15. The molecule has 1 heterocycles. The van der Waals surface area contributed by atoms with E-state index in [2.05, 4.69) is 4.98 Å². The van der Waals surface area contributed by atoms with Crippen LogP contribution in [0.3, 0.4) is 0 Å². The standard InChI is InChI=1S/C15H20N2O2S/c1-11-15(20-10-17-11)7-8-19-14(9-16)12-5-3-4-6-13(12)18-2/h3-6,10,14H,7-9,16H2,1-2H3. The van der Waals surface area contributed by atoms with Crippen LogP contribution in [-0.2, 0) is 11.2 Å². The topological polar surface area (TPSA) is 57.4 Å². The van der Waals surface area contributed by atoms with E-state index < -0.39 is 0 Å². The van der Waals surface area contributed by atoms with Crippen LogP contribution in [0, 0.1) is 6.92 Å². The molecule has 0 aliphatic carbocycles. The Bertz CT molecular complexity index is 542. The number of hydrogen-bond donors (Lipinski definition) is 1. The fraction of sp³-hybridized carbons (Fsp3) is 0.400. The normalized spacial score (nSPS) is 12.3. The zero-order valence-electron chi connectivity index (χ0n) is 11.8. The summed E-state index contributed by atoms with van der Waals surface area (Å²) in [6, 6.07) is 7.83. The highest BCUT2D eigenvalue weighted by molar-refractivity contribution is 7.09. The number of methoxy groups -OCH3 is 1. The van der Waals surface area contributed by atoms with Crippen molar-refractivity contribution in [1.29, 1.82) is 0 Å². The SMILES string of the molecule is COc1ccccc1C(CN)OCCc1scnc1C. The first-order chi connectivity index (χ1) is 9.76. The minimum atomic E-state index is -0.139. The molecule has 2 rings (SSSR count). The fourth-order valence-corrected chi connectivity index (χ4v) is 2.84. The smallest absolute Gasteiger partial charge is 0.124 e. The zero-order valence-corrected chi connectivity index (χ0v) is 12.7. The number of nitrogens with zero attached hydrogens (tertiary/aromatic N) is 1. The van der Waals surface area contributed by atoms with E-state index in [1.165, 1.54) is 4.88 Å². The van der Waals surface area contributed by atoms with E-state index in [0.29, 0.717) is 13.2 Å². The summed E-state index contributed by atoms with van der Waals surface area (Å²) in [5, 5.41) is 0. The Labute approximate surface area is 123 Å². The summed E-state index contributed by atoms with van der Waals surface area (Å²) in [6.07, 6.45) is 0.724. The number of aromatic nitrogens is 1. The molecule has 0 aliphatic rings. The van der Waals surface area contributed by atoms with Crippen molar-refractivity contribution in [2.24, 2.45) is 5.73 Å². The van der Waals surface area contributed by atoms with Crippen molar-refractivity contribution in [3.05, 3.63) is 45.9 Å². The molecule has 0 saturated carbocycles. The van der Waals surface area contributed by atoms with Crippen molar-refractivity contribution in [2.75, 3.05) is 20.3 Å². The number of nitrogens with two attached hydrogens (primary N) is 1. The Hall–Kier alpha value is -1.43. The van der Waals surface area contributed by atoms with Gasteiger partial charge in [0, 0.05) is 23.4 Å². The summed E-state index contributed by atoms with van der Waals surface area (Å²) in [5.41, 5.74) is 9.78. The lowest BCUT2D eigenvalue weighted by Gasteiger charge is -2.18. The van der Waals surface area contributed by atoms with E-state index in [-0.39, 0.29) is 6.10 Å². The van der Waals surface area contributed by atoms with Gasteiger partial charge < -0.3 is 15.2 Å². The van der Waals surface area contributed by atoms with Gasteiger partial charge in [-0.1, -0.05) is 18.2 Å². The van der Waals surface area contributed by atoms with Crippen molar-refractivity contribution in [1.82, 2.24) is 4.98 Å². The third-order valence-corrected chi connectivity index (χ3v) is 4.19. The lowest BCUT2D eigenvalue weighted by Crippen LogP contribution is -2.18. The van der Waals surface area contributed by atoms with Crippen molar-refractivity contribution in [3.63, 3.8) is 0 Å². The molecule has 5 heteroatoms. The maximum atomic E-state index is 5.92. The molecule has 2 aromatic rings. The van der Waals surface area contributed by atoms with Gasteiger partial charge in [0.1, 0.15) is 5.75 Å². The van der Waals surface area contributed by atoms with Gasteiger partial charge in [-0.25, -0.2) is 4.98 Å². The predicted octanol–water partition coefficient (Wildman–Crippen LogP) is 2.72. The average Bonchev–Trinajstić information content (AvgIpc) is 2.89. The molecule has 2 N–H and O–H groups in total. The molecule has 1 aromatic carbocycles. The molecule has 0 fully saturated rings. The van der Waals surface area contributed by atoms with E-state index in [4.69, 9.17) is 15.2 Å². The molecular formula is C15H20N2O2S. The largest absolute Gasteiger partial charge is 0.496 e. The molecule has 0 bridgehead atoms. The van der Waals surface area contributed by atoms with Crippen LogP contribution >= 0.6 is 11.3 Å². The number of aryl methyl sites for hydroxylation is 1. The lowest BCUT2D eigenvalue weighted by molar-refractivity contribution is 0.0594. The van der Waals surface area contributed by atoms with E-state index in [9.17, 15) is 0 Å². The number of thiazole rings is 1. The number of benzene rings is 1. The predicted molar refractivity (Wildman–Crippen MR) is 81.3 cm³/mol. The molecule has 108 valence electrons. The lowest BCUT2D eigenvalue weighted by atomic mass is 10.1. The number of para-hydroxylation sites is 1. The molecule has 1 unspecified atom stereocenters. The van der Waals surface area contributed by atoms with Gasteiger partial charge in [0.2, 0.25) is 0 Å². The highest BCUT2D eigenvalue weighted by Crippen LogP contribution is 2.27. The second kappa shape index (κ2) is 7.38. The minimum Gasteiger partial charge on any atom is -0.496 e. The summed E-state index contributed by atoms with van der Waals surface area (Å²) in [6.45, 7) is 3.08. The first kappa shape index (κ1) is 15.0. The molecule has 20 heavy (non-hydrogen) atoms. The number of ether oxygens (including phenoxy) is 2. The Balaban J connectivity index is 1.97. The third kappa shape index (κ3) is 3.56. The van der Waals surface area contributed by atoms with E-state index >= 15 is 0 Å². The van der Waals surface area contributed by atoms with Crippen LogP contribution in [0.1, 0.15) is 22.2 Å². The average molecular weight is 292 g/mol. The molecule has 0 amide bonds. The first-order valence-corrected chi connectivity index (χ1v) is 7.47. The second-order valence-electron chi connectivity index (χ2n) is 4.45. The first-order valence-electron chi connectivity index (χ1n) is 6.59. The van der Waals surface area contributed by atoms with Crippen LogP contribution in [0.4, 0.5) is 0 Å². The van der Waals surface area contributed by atoms with E-state index in [1.807, 2.05) is 36.7 Å². The molecule has 1 atom stereocenters. The van der Waals surface area contributed by atoms with Crippen molar-refractivity contribution >= 4 is 11.3 Å². The van der Waals surface area contributed by atoms with Crippen LogP contribution in [0.25, 0.3) is 0 Å². The van der Waals surface area contributed by atoms with Gasteiger partial charge in [-0.15, -0.1) is 11.3 Å². The highest BCUT2D eigenvalue weighted by atomic mass is 32.1. The van der Waals surface area contributed by atoms with Crippen LogP contribution in [0.15, 0.2) is 29.8 Å². The summed E-state index contributed by atoms with van der Waals surface area (Å²) in [4.78, 5) is 5.50. The van der Waals surface area contributed by atoms with Crippen LogP contribution in [-0.4, -0.2) is 25.2 Å². The van der Waals surface area contributed by atoms with Crippen molar-refractivity contribution in [2.45, 2.75) is 19.4 Å². The maximum Gasteiger partial charge on any atom is 0.124 e. The monoisotopic (exact) mass is 292 g/mol. The molecule has 0 radical (unpaired) electrons. The third-order valence-electron chi connectivity index (χ3n) is 3.19. The Morgan fingerprint density at radius 3 is 2.80 bits per heavy atom. The maximum absolute atomic E-state index is 5.92. The summed E-state index contributed by atoms with van der Waals surface area (Å²) in [5.74, 6) is 0.817. The van der Waals surface area contributed by atoms with Gasteiger partial charge in [0.05, 0.1) is 31.0 Å². The van der Waals surface area contributed by atoms with Crippen LogP contribution < -0.4 is 10.5 Å². The summed E-state index contributed by atoms with van der Waals surface area (Å²) < 4.78 is 11.3. The van der Waals surface area contributed by atoms with E-state index in [1.54, 1.807) is 18.4 Å². The summed E-state index contributed by atoms with van der Waals surface area (Å²) >= 11 is 1.67.